The molecule has 1 aromatic rings. The van der Waals surface area contributed by atoms with Crippen LogP contribution in [0.1, 0.15) is 36.5 Å². The van der Waals surface area contributed by atoms with Gasteiger partial charge in [0.2, 0.25) is 5.91 Å². The number of halogens is 1. The predicted octanol–water partition coefficient (Wildman–Crippen LogP) is 1.54. The minimum absolute atomic E-state index is 0.0851. The number of rotatable bonds is 3. The molecule has 1 aromatic carbocycles. The normalized spacial score (nSPS) is 16.4. The molecule has 21 heavy (non-hydrogen) atoms. The number of nitrogen functional groups attached to an aromatic ring is 1. The number of likely N-dealkylation sites (tertiary alicyclic amines) is 1. The summed E-state index contributed by atoms with van der Waals surface area (Å²) < 4.78 is 13.1. The van der Waals surface area contributed by atoms with E-state index in [-0.39, 0.29) is 17.2 Å². The van der Waals surface area contributed by atoms with E-state index in [1.165, 1.54) is 12.1 Å². The van der Waals surface area contributed by atoms with Crippen molar-refractivity contribution in [1.29, 1.82) is 0 Å². The van der Waals surface area contributed by atoms with Crippen LogP contribution in [-0.4, -0.2) is 35.8 Å². The Balaban J connectivity index is 1.97. The number of amides is 2. The van der Waals surface area contributed by atoms with E-state index in [0.717, 1.165) is 38.4 Å². The number of anilines is 1. The molecule has 2 amide bonds. The summed E-state index contributed by atoms with van der Waals surface area (Å²) in [6, 6.07) is 3.14. The molecule has 0 saturated carbocycles. The first-order chi connectivity index (χ1) is 9.99. The zero-order valence-corrected chi connectivity index (χ0v) is 12.1. The van der Waals surface area contributed by atoms with Gasteiger partial charge in [0.15, 0.2) is 0 Å². The maximum absolute atomic E-state index is 13.1. The van der Waals surface area contributed by atoms with Crippen LogP contribution in [0, 0.1) is 5.82 Å². The van der Waals surface area contributed by atoms with Crippen LogP contribution in [0.2, 0.25) is 0 Å². The molecule has 1 atom stereocenters. The van der Waals surface area contributed by atoms with Gasteiger partial charge in [-0.15, -0.1) is 0 Å². The number of nitrogens with zero attached hydrogens (tertiary/aromatic N) is 1. The van der Waals surface area contributed by atoms with Crippen molar-refractivity contribution in [3.8, 4) is 0 Å². The summed E-state index contributed by atoms with van der Waals surface area (Å²) in [6.45, 7) is 3.13. The van der Waals surface area contributed by atoms with E-state index in [9.17, 15) is 14.0 Å². The van der Waals surface area contributed by atoms with Crippen LogP contribution in [-0.2, 0) is 4.79 Å². The van der Waals surface area contributed by atoms with Gasteiger partial charge in [-0.25, -0.2) is 4.39 Å². The van der Waals surface area contributed by atoms with E-state index in [0.29, 0.717) is 0 Å². The molecule has 2 rings (SSSR count). The lowest BCUT2D eigenvalue weighted by Crippen LogP contribution is -2.48. The summed E-state index contributed by atoms with van der Waals surface area (Å²) in [5.41, 5.74) is 5.59. The minimum Gasteiger partial charge on any atom is -0.396 e. The SMILES string of the molecule is CC(NC(=O)c1ccc(F)c(N)c1)C(=O)N1CCCCC1. The Morgan fingerprint density at radius 1 is 1.29 bits per heavy atom. The molecule has 0 spiro atoms. The second-order valence-corrected chi connectivity index (χ2v) is 5.32. The third-order valence-corrected chi connectivity index (χ3v) is 3.64. The van der Waals surface area contributed by atoms with Crippen molar-refractivity contribution < 1.29 is 14.0 Å². The number of benzene rings is 1. The zero-order valence-electron chi connectivity index (χ0n) is 12.1. The van der Waals surface area contributed by atoms with Crippen LogP contribution in [0.3, 0.4) is 0 Å². The van der Waals surface area contributed by atoms with Crippen LogP contribution in [0.4, 0.5) is 10.1 Å². The van der Waals surface area contributed by atoms with Crippen LogP contribution in [0.15, 0.2) is 18.2 Å². The topological polar surface area (TPSA) is 75.4 Å². The molecular formula is C15H20FN3O2. The van der Waals surface area contributed by atoms with E-state index in [4.69, 9.17) is 5.73 Å². The molecule has 1 aliphatic heterocycles. The van der Waals surface area contributed by atoms with Gasteiger partial charge in [0.05, 0.1) is 5.69 Å². The van der Waals surface area contributed by atoms with E-state index in [1.807, 2.05) is 0 Å². The molecule has 1 heterocycles. The largest absolute Gasteiger partial charge is 0.396 e. The Kier molecular flexibility index (Phi) is 4.77. The van der Waals surface area contributed by atoms with Gasteiger partial charge in [-0.1, -0.05) is 0 Å². The first kappa shape index (κ1) is 15.3. The highest BCUT2D eigenvalue weighted by molar-refractivity contribution is 5.98. The van der Waals surface area contributed by atoms with Crippen molar-refractivity contribution in [2.45, 2.75) is 32.2 Å². The molecule has 1 fully saturated rings. The van der Waals surface area contributed by atoms with Crippen LogP contribution >= 0.6 is 0 Å². The Hall–Kier alpha value is -2.11. The second-order valence-electron chi connectivity index (χ2n) is 5.32. The van der Waals surface area contributed by atoms with Gasteiger partial charge >= 0.3 is 0 Å². The maximum atomic E-state index is 13.1. The first-order valence-corrected chi connectivity index (χ1v) is 7.13. The molecule has 114 valence electrons. The number of nitrogens with one attached hydrogen (secondary N) is 1. The lowest BCUT2D eigenvalue weighted by molar-refractivity contribution is -0.133. The standard InChI is InChI=1S/C15H20FN3O2/c1-10(15(21)19-7-3-2-4-8-19)18-14(20)11-5-6-12(16)13(17)9-11/h5-6,9-10H,2-4,7-8,17H2,1H3,(H,18,20). The number of hydrogen-bond donors (Lipinski definition) is 2. The van der Waals surface area contributed by atoms with E-state index in [2.05, 4.69) is 5.32 Å². The lowest BCUT2D eigenvalue weighted by Gasteiger charge is -2.29. The summed E-state index contributed by atoms with van der Waals surface area (Å²) in [6.07, 6.45) is 3.14. The van der Waals surface area contributed by atoms with Gasteiger partial charge in [0.25, 0.3) is 5.91 Å². The summed E-state index contributed by atoms with van der Waals surface area (Å²) in [4.78, 5) is 26.0. The molecule has 1 aliphatic rings. The van der Waals surface area contributed by atoms with Crippen LogP contribution < -0.4 is 11.1 Å². The number of carbonyl (C=O) groups is 2. The fraction of sp³-hybridized carbons (Fsp3) is 0.467. The summed E-state index contributed by atoms with van der Waals surface area (Å²) in [5.74, 6) is -1.08. The molecule has 0 bridgehead atoms. The van der Waals surface area contributed by atoms with Crippen molar-refractivity contribution in [2.75, 3.05) is 18.8 Å². The average molecular weight is 293 g/mol. The third kappa shape index (κ3) is 3.71. The Labute approximate surface area is 123 Å². The fourth-order valence-corrected chi connectivity index (χ4v) is 2.41. The summed E-state index contributed by atoms with van der Waals surface area (Å²) in [5, 5.41) is 2.63. The van der Waals surface area contributed by atoms with E-state index >= 15 is 0 Å². The number of nitrogens with two attached hydrogens (primary N) is 1. The average Bonchev–Trinajstić information content (AvgIpc) is 2.50. The van der Waals surface area contributed by atoms with E-state index < -0.39 is 17.8 Å². The minimum atomic E-state index is -0.609. The molecule has 6 heteroatoms. The van der Waals surface area contributed by atoms with Gasteiger partial charge in [0, 0.05) is 18.7 Å². The van der Waals surface area contributed by atoms with Crippen molar-refractivity contribution in [2.24, 2.45) is 0 Å². The lowest BCUT2D eigenvalue weighted by atomic mass is 10.1. The Morgan fingerprint density at radius 2 is 1.95 bits per heavy atom. The predicted molar refractivity (Wildman–Crippen MR) is 78.2 cm³/mol. The summed E-state index contributed by atoms with van der Waals surface area (Å²) >= 11 is 0. The molecular weight excluding hydrogens is 273 g/mol. The van der Waals surface area contributed by atoms with Crippen molar-refractivity contribution >= 4 is 17.5 Å². The smallest absolute Gasteiger partial charge is 0.251 e. The van der Waals surface area contributed by atoms with Gasteiger partial charge in [-0.05, 0) is 44.4 Å². The van der Waals surface area contributed by atoms with Gasteiger partial charge in [-0.2, -0.15) is 0 Å². The highest BCUT2D eigenvalue weighted by Crippen LogP contribution is 2.13. The van der Waals surface area contributed by atoms with Crippen molar-refractivity contribution in [3.63, 3.8) is 0 Å². The van der Waals surface area contributed by atoms with Gasteiger partial charge in [0.1, 0.15) is 11.9 Å². The molecule has 0 aliphatic carbocycles. The fourth-order valence-electron chi connectivity index (χ4n) is 2.41. The molecule has 5 nitrogen and oxygen atoms in total. The molecule has 3 N–H and O–H groups in total. The summed E-state index contributed by atoms with van der Waals surface area (Å²) in [7, 11) is 0. The monoisotopic (exact) mass is 293 g/mol. The Bertz CT molecular complexity index is 542. The third-order valence-electron chi connectivity index (χ3n) is 3.64. The highest BCUT2D eigenvalue weighted by Gasteiger charge is 2.23. The second kappa shape index (κ2) is 6.56. The molecule has 0 radical (unpaired) electrons. The van der Waals surface area contributed by atoms with Crippen LogP contribution in [0.25, 0.3) is 0 Å². The molecule has 1 unspecified atom stereocenters. The number of hydrogen-bond acceptors (Lipinski definition) is 3. The van der Waals surface area contributed by atoms with Crippen molar-refractivity contribution in [1.82, 2.24) is 10.2 Å². The quantitative estimate of drug-likeness (QED) is 0.830. The number of carbonyl (C=O) groups excluding carboxylic acids is 2. The zero-order chi connectivity index (χ0) is 15.4. The maximum Gasteiger partial charge on any atom is 0.251 e. The van der Waals surface area contributed by atoms with E-state index in [1.54, 1.807) is 11.8 Å². The van der Waals surface area contributed by atoms with Gasteiger partial charge in [-0.3, -0.25) is 9.59 Å². The van der Waals surface area contributed by atoms with Crippen molar-refractivity contribution in [3.05, 3.63) is 29.6 Å². The highest BCUT2D eigenvalue weighted by atomic mass is 19.1. The molecule has 0 aromatic heterocycles. The first-order valence-electron chi connectivity index (χ1n) is 7.13. The Morgan fingerprint density at radius 3 is 2.57 bits per heavy atom. The van der Waals surface area contributed by atoms with Crippen LogP contribution in [0.5, 0.6) is 0 Å². The number of piperidine rings is 1. The molecule has 1 saturated heterocycles. The van der Waals surface area contributed by atoms with Gasteiger partial charge < -0.3 is 16.0 Å².